The normalized spacial score (nSPS) is 26.5. The van der Waals surface area contributed by atoms with Gasteiger partial charge in [0.25, 0.3) is 0 Å². The van der Waals surface area contributed by atoms with Crippen molar-refractivity contribution in [2.24, 2.45) is 11.8 Å². The van der Waals surface area contributed by atoms with Gasteiger partial charge in [0, 0.05) is 0 Å². The molecule has 0 spiro atoms. The standard InChI is InChI=1S/C28H36F2Si/c1-3-31(26-13-4-21(2)5-14-26)18-16-23(17-19-31)7-6-22-8-10-24(11-9-22)25-12-15-27(29)28(30)20-25/h4-5,10,12-15,20,22-23H,3,6-9,11,16-19H2,1-2H3. The molecule has 0 nitrogen and oxygen atoms in total. The van der Waals surface area contributed by atoms with Gasteiger partial charge in [-0.3, -0.25) is 0 Å². The van der Waals surface area contributed by atoms with Crippen LogP contribution in [0.5, 0.6) is 0 Å². The predicted octanol–water partition coefficient (Wildman–Crippen LogP) is 8.02. The lowest BCUT2D eigenvalue weighted by atomic mass is 9.82. The van der Waals surface area contributed by atoms with E-state index in [-0.39, 0.29) is 0 Å². The van der Waals surface area contributed by atoms with Gasteiger partial charge in [-0.25, -0.2) is 8.78 Å². The largest absolute Gasteiger partial charge is 0.204 e. The van der Waals surface area contributed by atoms with E-state index in [2.05, 4.69) is 44.2 Å². The number of aryl methyl sites for hydroxylation is 1. The average molecular weight is 439 g/mol. The summed E-state index contributed by atoms with van der Waals surface area (Å²) < 4.78 is 26.7. The van der Waals surface area contributed by atoms with E-state index in [4.69, 9.17) is 0 Å². The van der Waals surface area contributed by atoms with Crippen molar-refractivity contribution in [2.45, 2.75) is 76.9 Å². The summed E-state index contributed by atoms with van der Waals surface area (Å²) in [6.45, 7) is 4.60. The zero-order valence-corrected chi connectivity index (χ0v) is 20.1. The average Bonchev–Trinajstić information content (AvgIpc) is 2.81. The first-order valence-corrected chi connectivity index (χ1v) is 14.8. The molecule has 0 aromatic heterocycles. The molecular formula is C28H36F2Si. The number of benzene rings is 2. The summed E-state index contributed by atoms with van der Waals surface area (Å²) in [5, 5.41) is 1.68. The fourth-order valence-corrected chi connectivity index (χ4v) is 10.6. The molecule has 0 bridgehead atoms. The van der Waals surface area contributed by atoms with E-state index in [1.807, 2.05) is 0 Å². The van der Waals surface area contributed by atoms with Gasteiger partial charge < -0.3 is 0 Å². The molecule has 0 radical (unpaired) electrons. The first-order valence-electron chi connectivity index (χ1n) is 12.2. The Bertz CT molecular complexity index is 907. The number of allylic oxidation sites excluding steroid dienone is 2. The molecule has 1 fully saturated rings. The van der Waals surface area contributed by atoms with E-state index in [1.165, 1.54) is 73.5 Å². The van der Waals surface area contributed by atoms with Gasteiger partial charge in [-0.15, -0.1) is 0 Å². The number of rotatable bonds is 6. The molecule has 0 N–H and O–H groups in total. The molecule has 0 saturated carbocycles. The third kappa shape index (κ3) is 5.19. The van der Waals surface area contributed by atoms with Gasteiger partial charge in [0.2, 0.25) is 0 Å². The van der Waals surface area contributed by atoms with Crippen LogP contribution in [0.25, 0.3) is 5.57 Å². The lowest BCUT2D eigenvalue weighted by molar-refractivity contribution is 0.353. The lowest BCUT2D eigenvalue weighted by Gasteiger charge is -2.39. The highest BCUT2D eigenvalue weighted by atomic mass is 28.3. The zero-order chi connectivity index (χ0) is 21.8. The summed E-state index contributed by atoms with van der Waals surface area (Å²) in [6.07, 6.45) is 11.0. The quantitative estimate of drug-likeness (QED) is 0.401. The van der Waals surface area contributed by atoms with Crippen LogP contribution in [0.4, 0.5) is 8.78 Å². The summed E-state index contributed by atoms with van der Waals surface area (Å²) in [7, 11) is -1.29. The van der Waals surface area contributed by atoms with Gasteiger partial charge in [-0.1, -0.05) is 91.5 Å². The Hall–Kier alpha value is -1.74. The van der Waals surface area contributed by atoms with Gasteiger partial charge in [-0.2, -0.15) is 0 Å². The van der Waals surface area contributed by atoms with Crippen molar-refractivity contribution in [1.82, 2.24) is 0 Å². The van der Waals surface area contributed by atoms with Crippen LogP contribution in [0.1, 0.15) is 63.0 Å². The minimum Gasteiger partial charge on any atom is -0.204 e. The number of halogens is 2. The van der Waals surface area contributed by atoms with Gasteiger partial charge in [-0.05, 0) is 67.7 Å². The fourth-order valence-electron chi connectivity index (χ4n) is 5.85. The second-order valence-electron chi connectivity index (χ2n) is 10.0. The molecule has 1 saturated heterocycles. The lowest BCUT2D eigenvalue weighted by Crippen LogP contribution is -2.49. The van der Waals surface area contributed by atoms with Gasteiger partial charge >= 0.3 is 0 Å². The van der Waals surface area contributed by atoms with Crippen LogP contribution in [-0.2, 0) is 0 Å². The molecule has 2 aromatic rings. The summed E-state index contributed by atoms with van der Waals surface area (Å²) >= 11 is 0. The molecule has 1 heterocycles. The third-order valence-electron chi connectivity index (χ3n) is 8.20. The molecule has 4 rings (SSSR count). The molecule has 1 atom stereocenters. The van der Waals surface area contributed by atoms with Crippen LogP contribution in [0.2, 0.25) is 18.1 Å². The van der Waals surface area contributed by atoms with Crippen molar-refractivity contribution in [1.29, 1.82) is 0 Å². The minimum atomic E-state index is -1.29. The molecule has 0 amide bonds. The molecule has 1 aliphatic carbocycles. The minimum absolute atomic E-state index is 0.741. The maximum atomic E-state index is 13.5. The second-order valence-corrected chi connectivity index (χ2v) is 14.9. The molecule has 2 aliphatic rings. The van der Waals surface area contributed by atoms with Crippen molar-refractivity contribution in [2.75, 3.05) is 0 Å². The van der Waals surface area contributed by atoms with Crippen LogP contribution in [0.3, 0.4) is 0 Å². The first kappa shape index (κ1) is 22.5. The smallest absolute Gasteiger partial charge is 0.159 e. The van der Waals surface area contributed by atoms with Gasteiger partial charge in [0.15, 0.2) is 11.6 Å². The maximum Gasteiger partial charge on any atom is 0.159 e. The predicted molar refractivity (Wildman–Crippen MR) is 130 cm³/mol. The Balaban J connectivity index is 1.27. The summed E-state index contributed by atoms with van der Waals surface area (Å²) in [6, 6.07) is 18.1. The van der Waals surface area contributed by atoms with Crippen molar-refractivity contribution in [3.05, 3.63) is 71.3 Å². The van der Waals surface area contributed by atoms with E-state index in [9.17, 15) is 8.78 Å². The Morgan fingerprint density at radius 2 is 1.58 bits per heavy atom. The highest BCUT2D eigenvalue weighted by Gasteiger charge is 2.37. The van der Waals surface area contributed by atoms with Crippen LogP contribution in [-0.4, -0.2) is 8.07 Å². The Morgan fingerprint density at radius 3 is 2.19 bits per heavy atom. The fraction of sp³-hybridized carbons (Fsp3) is 0.500. The maximum absolute atomic E-state index is 13.5. The van der Waals surface area contributed by atoms with Crippen molar-refractivity contribution >= 4 is 18.8 Å². The molecule has 2 aromatic carbocycles. The summed E-state index contributed by atoms with van der Waals surface area (Å²) in [5.41, 5.74) is 3.40. The van der Waals surface area contributed by atoms with Crippen LogP contribution in [0.15, 0.2) is 48.5 Å². The van der Waals surface area contributed by atoms with Crippen LogP contribution >= 0.6 is 0 Å². The van der Waals surface area contributed by atoms with Gasteiger partial charge in [0.05, 0.1) is 8.07 Å². The van der Waals surface area contributed by atoms with E-state index in [0.717, 1.165) is 30.2 Å². The molecule has 1 aliphatic heterocycles. The number of hydrogen-bond donors (Lipinski definition) is 0. The van der Waals surface area contributed by atoms with E-state index < -0.39 is 19.7 Å². The Labute approximate surface area is 187 Å². The second kappa shape index (κ2) is 9.81. The first-order chi connectivity index (χ1) is 15.0. The van der Waals surface area contributed by atoms with Gasteiger partial charge in [0.1, 0.15) is 0 Å². The molecule has 166 valence electrons. The Morgan fingerprint density at radius 1 is 0.871 bits per heavy atom. The highest BCUT2D eigenvalue weighted by molar-refractivity contribution is 6.92. The topological polar surface area (TPSA) is 0 Å². The van der Waals surface area contributed by atoms with Crippen LogP contribution < -0.4 is 5.19 Å². The SMILES string of the molecule is CC[Si]1(c2ccc(C)cc2)CCC(CCC2CC=C(c3ccc(F)c(F)c3)CC2)CC1. The molecule has 1 unspecified atom stereocenters. The van der Waals surface area contributed by atoms with E-state index in [0.29, 0.717) is 0 Å². The molecular weight excluding hydrogens is 402 g/mol. The van der Waals surface area contributed by atoms with Crippen molar-refractivity contribution in [3.63, 3.8) is 0 Å². The summed E-state index contributed by atoms with van der Waals surface area (Å²) in [5.74, 6) is 0.147. The molecule has 3 heteroatoms. The number of hydrogen-bond acceptors (Lipinski definition) is 0. The highest BCUT2D eigenvalue weighted by Crippen LogP contribution is 2.39. The molecule has 31 heavy (non-hydrogen) atoms. The zero-order valence-electron chi connectivity index (χ0n) is 19.1. The summed E-state index contributed by atoms with van der Waals surface area (Å²) in [4.78, 5) is 0. The van der Waals surface area contributed by atoms with Crippen molar-refractivity contribution < 1.29 is 8.78 Å². The Kier molecular flexibility index (Phi) is 7.11. The van der Waals surface area contributed by atoms with Crippen LogP contribution in [0, 0.1) is 30.4 Å². The third-order valence-corrected chi connectivity index (χ3v) is 13.6. The van der Waals surface area contributed by atoms with E-state index in [1.54, 1.807) is 11.3 Å². The van der Waals surface area contributed by atoms with Crippen molar-refractivity contribution in [3.8, 4) is 0 Å². The monoisotopic (exact) mass is 438 g/mol. The van der Waals surface area contributed by atoms with E-state index >= 15 is 0 Å².